The van der Waals surface area contributed by atoms with Crippen LogP contribution in [0, 0.1) is 0 Å². The number of benzene rings is 1. The summed E-state index contributed by atoms with van der Waals surface area (Å²) in [4.78, 5) is 3.98. The highest BCUT2D eigenvalue weighted by molar-refractivity contribution is 7.89. The van der Waals surface area contributed by atoms with Crippen LogP contribution < -0.4 is 10.0 Å². The lowest BCUT2D eigenvalue weighted by Crippen LogP contribution is -2.23. The molecule has 1 aromatic heterocycles. The van der Waals surface area contributed by atoms with Crippen molar-refractivity contribution in [3.05, 3.63) is 47.4 Å². The van der Waals surface area contributed by atoms with Crippen molar-refractivity contribution in [3.8, 4) is 0 Å². The molecule has 1 aliphatic rings. The fourth-order valence-electron chi connectivity index (χ4n) is 2.45. The molecule has 0 spiro atoms. The van der Waals surface area contributed by atoms with E-state index >= 15 is 0 Å². The molecule has 0 fully saturated rings. The van der Waals surface area contributed by atoms with Crippen molar-refractivity contribution in [3.63, 3.8) is 0 Å². The van der Waals surface area contributed by atoms with Crippen LogP contribution in [0.2, 0.25) is 0 Å². The molecule has 0 unspecified atom stereocenters. The Hall–Kier alpha value is -1.70. The highest BCUT2D eigenvalue weighted by Crippen LogP contribution is 2.17. The van der Waals surface area contributed by atoms with Gasteiger partial charge < -0.3 is 9.88 Å². The van der Waals surface area contributed by atoms with Crippen LogP contribution in [0.5, 0.6) is 0 Å². The molecule has 0 saturated heterocycles. The molecule has 118 valence electrons. The Morgan fingerprint density at radius 1 is 1.32 bits per heavy atom. The van der Waals surface area contributed by atoms with Gasteiger partial charge in [0.2, 0.25) is 0 Å². The van der Waals surface area contributed by atoms with E-state index in [9.17, 15) is 8.42 Å². The molecule has 7 heteroatoms. The SMILES string of the molecule is CC(C)n1cnc(S(=O)(=O)NCc2ccc3c(c2)CNC3)c1. The molecule has 1 aromatic carbocycles. The molecular weight excluding hydrogens is 300 g/mol. The standard InChI is InChI=1S/C15H20N4O2S/c1-11(2)19-9-15(17-10-19)22(20,21)18-6-12-3-4-13-7-16-8-14(13)5-12/h3-5,9-11,16,18H,6-8H2,1-2H3. The Morgan fingerprint density at radius 2 is 2.09 bits per heavy atom. The summed E-state index contributed by atoms with van der Waals surface area (Å²) in [5.41, 5.74) is 3.47. The van der Waals surface area contributed by atoms with Gasteiger partial charge in [-0.2, -0.15) is 0 Å². The van der Waals surface area contributed by atoms with Gasteiger partial charge in [-0.05, 0) is 30.5 Å². The van der Waals surface area contributed by atoms with Crippen LogP contribution >= 0.6 is 0 Å². The number of fused-ring (bicyclic) bond motifs is 1. The van der Waals surface area contributed by atoms with E-state index in [1.54, 1.807) is 17.1 Å². The second-order valence-electron chi connectivity index (χ2n) is 5.78. The number of sulfonamides is 1. The fourth-order valence-corrected chi connectivity index (χ4v) is 3.40. The van der Waals surface area contributed by atoms with Crippen molar-refractivity contribution in [1.29, 1.82) is 0 Å². The lowest BCUT2D eigenvalue weighted by molar-refractivity contribution is 0.576. The number of nitrogens with zero attached hydrogens (tertiary/aromatic N) is 2. The van der Waals surface area contributed by atoms with E-state index < -0.39 is 10.0 Å². The molecule has 2 heterocycles. The molecule has 2 N–H and O–H groups in total. The summed E-state index contributed by atoms with van der Waals surface area (Å²) < 4.78 is 28.9. The van der Waals surface area contributed by atoms with Crippen LogP contribution in [-0.2, 0) is 29.7 Å². The molecular formula is C15H20N4O2S. The summed E-state index contributed by atoms with van der Waals surface area (Å²) in [5.74, 6) is 0. The quantitative estimate of drug-likeness (QED) is 0.876. The van der Waals surface area contributed by atoms with E-state index in [1.165, 1.54) is 11.1 Å². The van der Waals surface area contributed by atoms with Crippen LogP contribution in [0.3, 0.4) is 0 Å². The smallest absolute Gasteiger partial charge is 0.259 e. The van der Waals surface area contributed by atoms with Crippen LogP contribution in [0.1, 0.15) is 36.6 Å². The molecule has 22 heavy (non-hydrogen) atoms. The predicted octanol–water partition coefficient (Wildman–Crippen LogP) is 1.55. The molecule has 1 aliphatic heterocycles. The molecule has 0 atom stereocenters. The third-order valence-electron chi connectivity index (χ3n) is 3.82. The minimum atomic E-state index is -3.58. The minimum absolute atomic E-state index is 0.0593. The topological polar surface area (TPSA) is 76.0 Å². The first-order valence-corrected chi connectivity index (χ1v) is 8.78. The summed E-state index contributed by atoms with van der Waals surface area (Å²) in [5, 5.41) is 3.33. The maximum Gasteiger partial charge on any atom is 0.259 e. The van der Waals surface area contributed by atoms with Crippen LogP contribution in [0.25, 0.3) is 0 Å². The third-order valence-corrected chi connectivity index (χ3v) is 5.10. The van der Waals surface area contributed by atoms with Gasteiger partial charge in [-0.1, -0.05) is 18.2 Å². The highest BCUT2D eigenvalue weighted by atomic mass is 32.2. The molecule has 6 nitrogen and oxygen atoms in total. The second-order valence-corrected chi connectivity index (χ2v) is 7.50. The fraction of sp³-hybridized carbons (Fsp3) is 0.400. The first-order valence-electron chi connectivity index (χ1n) is 7.30. The number of aromatic nitrogens is 2. The van der Waals surface area contributed by atoms with Gasteiger partial charge in [0.25, 0.3) is 10.0 Å². The van der Waals surface area contributed by atoms with Gasteiger partial charge in [0, 0.05) is 31.9 Å². The van der Waals surface area contributed by atoms with Gasteiger partial charge in [-0.15, -0.1) is 0 Å². The first kappa shape index (κ1) is 15.2. The van der Waals surface area contributed by atoms with Crippen LogP contribution in [0.15, 0.2) is 35.7 Å². The van der Waals surface area contributed by atoms with E-state index in [1.807, 2.05) is 32.0 Å². The van der Waals surface area contributed by atoms with E-state index in [2.05, 4.69) is 15.0 Å². The van der Waals surface area contributed by atoms with Crippen molar-refractivity contribution in [2.45, 2.75) is 44.5 Å². The van der Waals surface area contributed by atoms with Gasteiger partial charge in [-0.25, -0.2) is 18.1 Å². The van der Waals surface area contributed by atoms with E-state index in [4.69, 9.17) is 0 Å². The van der Waals surface area contributed by atoms with Gasteiger partial charge in [0.1, 0.15) is 0 Å². The van der Waals surface area contributed by atoms with Crippen molar-refractivity contribution in [2.24, 2.45) is 0 Å². The number of nitrogens with one attached hydrogen (secondary N) is 2. The number of rotatable bonds is 5. The summed E-state index contributed by atoms with van der Waals surface area (Å²) in [6.45, 7) is 5.95. The summed E-state index contributed by atoms with van der Waals surface area (Å²) in [6.07, 6.45) is 3.10. The van der Waals surface area contributed by atoms with Crippen molar-refractivity contribution < 1.29 is 8.42 Å². The third kappa shape index (κ3) is 3.06. The first-order chi connectivity index (χ1) is 10.5. The van der Waals surface area contributed by atoms with Crippen LogP contribution in [-0.4, -0.2) is 18.0 Å². The van der Waals surface area contributed by atoms with Gasteiger partial charge >= 0.3 is 0 Å². The highest BCUT2D eigenvalue weighted by Gasteiger charge is 2.18. The monoisotopic (exact) mass is 320 g/mol. The molecule has 0 radical (unpaired) electrons. The normalized spacial score (nSPS) is 14.5. The largest absolute Gasteiger partial charge is 0.334 e. The maximum atomic E-state index is 12.3. The Labute approximate surface area is 130 Å². The maximum absolute atomic E-state index is 12.3. The van der Waals surface area contributed by atoms with Gasteiger partial charge in [0.05, 0.1) is 6.33 Å². The summed E-state index contributed by atoms with van der Waals surface area (Å²) >= 11 is 0. The zero-order valence-electron chi connectivity index (χ0n) is 12.7. The molecule has 0 aliphatic carbocycles. The molecule has 0 amide bonds. The number of hydrogen-bond donors (Lipinski definition) is 2. The lowest BCUT2D eigenvalue weighted by atomic mass is 10.1. The van der Waals surface area contributed by atoms with Gasteiger partial charge in [-0.3, -0.25) is 0 Å². The lowest BCUT2D eigenvalue weighted by Gasteiger charge is -2.07. The summed E-state index contributed by atoms with van der Waals surface area (Å²) in [7, 11) is -3.58. The average Bonchev–Trinajstić information content (AvgIpc) is 3.13. The summed E-state index contributed by atoms with van der Waals surface area (Å²) in [6, 6.07) is 6.23. The van der Waals surface area contributed by atoms with E-state index in [-0.39, 0.29) is 17.6 Å². The Balaban J connectivity index is 1.71. The zero-order valence-corrected chi connectivity index (χ0v) is 13.5. The van der Waals surface area contributed by atoms with E-state index in [0.717, 1.165) is 18.7 Å². The van der Waals surface area contributed by atoms with Crippen molar-refractivity contribution in [2.75, 3.05) is 0 Å². The molecule has 0 bridgehead atoms. The Bertz CT molecular complexity index is 781. The Kier molecular flexibility index (Phi) is 4.03. The average molecular weight is 320 g/mol. The Morgan fingerprint density at radius 3 is 2.82 bits per heavy atom. The zero-order chi connectivity index (χ0) is 15.7. The van der Waals surface area contributed by atoms with Crippen molar-refractivity contribution >= 4 is 10.0 Å². The molecule has 0 saturated carbocycles. The predicted molar refractivity (Wildman–Crippen MR) is 83.6 cm³/mol. The van der Waals surface area contributed by atoms with Crippen molar-refractivity contribution in [1.82, 2.24) is 19.6 Å². The van der Waals surface area contributed by atoms with Crippen LogP contribution in [0.4, 0.5) is 0 Å². The van der Waals surface area contributed by atoms with E-state index in [0.29, 0.717) is 0 Å². The van der Waals surface area contributed by atoms with Gasteiger partial charge in [0.15, 0.2) is 5.03 Å². The second kappa shape index (κ2) is 5.83. The number of hydrogen-bond acceptors (Lipinski definition) is 4. The number of imidazole rings is 1. The molecule has 2 aromatic rings. The molecule has 3 rings (SSSR count). The minimum Gasteiger partial charge on any atom is -0.334 e.